The van der Waals surface area contributed by atoms with Crippen molar-refractivity contribution in [2.45, 2.75) is 64.8 Å². The highest BCUT2D eigenvalue weighted by Crippen LogP contribution is 2.29. The number of halogens is 3. The Morgan fingerprint density at radius 3 is 2.12 bits per heavy atom. The van der Waals surface area contributed by atoms with Crippen LogP contribution in [-0.4, -0.2) is 15.6 Å². The third-order valence-electron chi connectivity index (χ3n) is 4.05. The largest absolute Gasteiger partial charge is 0.416 e. The molecule has 0 aliphatic rings. The predicted molar refractivity (Wildman–Crippen MR) is 94.7 cm³/mol. The van der Waals surface area contributed by atoms with Crippen LogP contribution in [-0.2, 0) is 29.4 Å². The summed E-state index contributed by atoms with van der Waals surface area (Å²) in [7, 11) is 0. The molecule has 2 aromatic heterocycles. The molecule has 0 unspecified atom stereocenters. The van der Waals surface area contributed by atoms with Gasteiger partial charge in [-0.1, -0.05) is 26.8 Å². The fourth-order valence-electron chi connectivity index (χ4n) is 2.46. The van der Waals surface area contributed by atoms with Crippen LogP contribution in [0.3, 0.4) is 0 Å². The molecule has 0 saturated heterocycles. The second-order valence-corrected chi connectivity index (χ2v) is 8.05. The van der Waals surface area contributed by atoms with Crippen molar-refractivity contribution in [1.29, 1.82) is 0 Å². The first-order chi connectivity index (χ1) is 11.9. The summed E-state index contributed by atoms with van der Waals surface area (Å²) < 4.78 is 44.1. The van der Waals surface area contributed by atoms with Crippen molar-refractivity contribution in [1.82, 2.24) is 9.97 Å². The summed E-state index contributed by atoms with van der Waals surface area (Å²) in [4.78, 5) is 8.45. The fourth-order valence-corrected chi connectivity index (χ4v) is 2.46. The summed E-state index contributed by atoms with van der Waals surface area (Å²) in [5.74, 6) is 0. The lowest BCUT2D eigenvalue weighted by atomic mass is 9.88. The average Bonchev–Trinajstić information content (AvgIpc) is 2.52. The highest BCUT2D eigenvalue weighted by atomic mass is 19.4. The number of aromatic nitrogens is 2. The van der Waals surface area contributed by atoms with Gasteiger partial charge in [0.05, 0.1) is 23.5 Å². The van der Waals surface area contributed by atoms with Gasteiger partial charge < -0.3 is 4.74 Å². The van der Waals surface area contributed by atoms with Gasteiger partial charge in [-0.05, 0) is 43.0 Å². The Bertz CT molecular complexity index is 732. The van der Waals surface area contributed by atoms with Gasteiger partial charge in [0.25, 0.3) is 0 Å². The van der Waals surface area contributed by atoms with E-state index in [1.54, 1.807) is 0 Å². The Kier molecular flexibility index (Phi) is 5.76. The van der Waals surface area contributed by atoms with Crippen molar-refractivity contribution in [3.05, 3.63) is 59.2 Å². The Morgan fingerprint density at radius 1 is 0.885 bits per heavy atom. The summed E-state index contributed by atoms with van der Waals surface area (Å²) in [5, 5.41) is 0. The van der Waals surface area contributed by atoms with Gasteiger partial charge in [-0.15, -0.1) is 0 Å². The standard InChI is InChI=1S/C20H25F3N2O/c1-18(2,3)15-6-7-16(25-12-15)11-19(4,5)26-13-17-10-14(8-9-24-17)20(21,22)23/h6-10,12H,11,13H2,1-5H3. The zero-order valence-corrected chi connectivity index (χ0v) is 15.8. The van der Waals surface area contributed by atoms with E-state index in [2.05, 4.69) is 30.7 Å². The SMILES string of the molecule is CC(C)(Cc1ccc(C(C)(C)C)cn1)OCc1cc(C(F)(F)F)ccn1. The van der Waals surface area contributed by atoms with Crippen molar-refractivity contribution in [2.75, 3.05) is 0 Å². The quantitative estimate of drug-likeness (QED) is 0.717. The first-order valence-corrected chi connectivity index (χ1v) is 8.48. The fraction of sp³-hybridized carbons (Fsp3) is 0.500. The summed E-state index contributed by atoms with van der Waals surface area (Å²) in [6.07, 6.45) is -0.816. The van der Waals surface area contributed by atoms with Crippen molar-refractivity contribution >= 4 is 0 Å². The van der Waals surface area contributed by atoms with E-state index in [-0.39, 0.29) is 17.7 Å². The lowest BCUT2D eigenvalue weighted by molar-refractivity contribution is -0.137. The van der Waals surface area contributed by atoms with Gasteiger partial charge in [0.15, 0.2) is 0 Å². The van der Waals surface area contributed by atoms with Crippen LogP contribution in [0.4, 0.5) is 13.2 Å². The Balaban J connectivity index is 2.01. The van der Waals surface area contributed by atoms with Gasteiger partial charge in [-0.2, -0.15) is 13.2 Å². The summed E-state index contributed by atoms with van der Waals surface area (Å²) in [6.45, 7) is 10.2. The molecule has 0 aliphatic heterocycles. The zero-order chi connectivity index (χ0) is 19.6. The number of alkyl halides is 3. The van der Waals surface area contributed by atoms with Gasteiger partial charge in [0.2, 0.25) is 0 Å². The molecule has 2 rings (SSSR count). The number of pyridine rings is 2. The van der Waals surface area contributed by atoms with E-state index in [1.807, 2.05) is 32.2 Å². The Hall–Kier alpha value is -1.95. The molecule has 0 fully saturated rings. The highest BCUT2D eigenvalue weighted by Gasteiger charge is 2.31. The first kappa shape index (κ1) is 20.4. The maximum Gasteiger partial charge on any atom is 0.416 e. The van der Waals surface area contributed by atoms with Gasteiger partial charge in [0.1, 0.15) is 0 Å². The Labute approximate surface area is 152 Å². The second kappa shape index (κ2) is 7.35. The van der Waals surface area contributed by atoms with E-state index in [4.69, 9.17) is 4.74 Å². The summed E-state index contributed by atoms with van der Waals surface area (Å²) in [5.41, 5.74) is 1.01. The first-order valence-electron chi connectivity index (χ1n) is 8.48. The number of nitrogens with zero attached hydrogens (tertiary/aromatic N) is 2. The minimum Gasteiger partial charge on any atom is -0.369 e. The number of ether oxygens (including phenoxy) is 1. The van der Waals surface area contributed by atoms with E-state index >= 15 is 0 Å². The molecule has 0 bridgehead atoms. The third kappa shape index (κ3) is 5.80. The van der Waals surface area contributed by atoms with E-state index in [1.165, 1.54) is 0 Å². The highest BCUT2D eigenvalue weighted by molar-refractivity contribution is 5.22. The van der Waals surface area contributed by atoms with Crippen LogP contribution >= 0.6 is 0 Å². The smallest absolute Gasteiger partial charge is 0.369 e. The van der Waals surface area contributed by atoms with E-state index in [9.17, 15) is 13.2 Å². The maximum atomic E-state index is 12.8. The second-order valence-electron chi connectivity index (χ2n) is 8.05. The van der Waals surface area contributed by atoms with Crippen LogP contribution < -0.4 is 0 Å². The predicted octanol–water partition coefficient (Wildman–Crippen LogP) is 5.33. The van der Waals surface area contributed by atoms with Crippen molar-refractivity contribution < 1.29 is 17.9 Å². The summed E-state index contributed by atoms with van der Waals surface area (Å²) >= 11 is 0. The molecule has 6 heteroatoms. The van der Waals surface area contributed by atoms with Crippen LogP contribution in [0.5, 0.6) is 0 Å². The molecule has 0 atom stereocenters. The van der Waals surface area contributed by atoms with Crippen LogP contribution in [0.1, 0.15) is 57.1 Å². The molecule has 0 amide bonds. The average molecular weight is 366 g/mol. The van der Waals surface area contributed by atoms with Gasteiger partial charge in [-0.3, -0.25) is 9.97 Å². The minimum atomic E-state index is -4.38. The van der Waals surface area contributed by atoms with Crippen molar-refractivity contribution in [3.63, 3.8) is 0 Å². The molecule has 0 N–H and O–H groups in total. The lowest BCUT2D eigenvalue weighted by Gasteiger charge is -2.25. The van der Waals surface area contributed by atoms with Crippen molar-refractivity contribution in [3.8, 4) is 0 Å². The van der Waals surface area contributed by atoms with Gasteiger partial charge >= 0.3 is 6.18 Å². The summed E-state index contributed by atoms with van der Waals surface area (Å²) in [6, 6.07) is 5.99. The molecule has 26 heavy (non-hydrogen) atoms. The van der Waals surface area contributed by atoms with Crippen LogP contribution in [0.2, 0.25) is 0 Å². The molecule has 0 spiro atoms. The third-order valence-corrected chi connectivity index (χ3v) is 4.05. The minimum absolute atomic E-state index is 0.0109. The van der Waals surface area contributed by atoms with Gasteiger partial charge in [0, 0.05) is 24.5 Å². The molecule has 0 radical (unpaired) electrons. The number of rotatable bonds is 5. The van der Waals surface area contributed by atoms with Crippen LogP contribution in [0, 0.1) is 0 Å². The van der Waals surface area contributed by atoms with E-state index in [0.717, 1.165) is 29.6 Å². The van der Waals surface area contributed by atoms with E-state index < -0.39 is 17.3 Å². The molecule has 0 aliphatic carbocycles. The Morgan fingerprint density at radius 2 is 1.58 bits per heavy atom. The van der Waals surface area contributed by atoms with Crippen LogP contribution in [0.15, 0.2) is 36.7 Å². The monoisotopic (exact) mass is 366 g/mol. The lowest BCUT2D eigenvalue weighted by Crippen LogP contribution is -2.28. The molecular formula is C20H25F3N2O. The van der Waals surface area contributed by atoms with Gasteiger partial charge in [-0.25, -0.2) is 0 Å². The topological polar surface area (TPSA) is 35.0 Å². The van der Waals surface area contributed by atoms with Crippen molar-refractivity contribution in [2.24, 2.45) is 0 Å². The number of hydrogen-bond donors (Lipinski definition) is 0. The maximum absolute atomic E-state index is 12.8. The molecular weight excluding hydrogens is 341 g/mol. The normalized spacial score (nSPS) is 13.1. The van der Waals surface area contributed by atoms with E-state index in [0.29, 0.717) is 6.42 Å². The molecule has 3 nitrogen and oxygen atoms in total. The molecule has 0 saturated carbocycles. The molecule has 2 heterocycles. The van der Waals surface area contributed by atoms with Crippen LogP contribution in [0.25, 0.3) is 0 Å². The molecule has 2 aromatic rings. The number of hydrogen-bond acceptors (Lipinski definition) is 3. The zero-order valence-electron chi connectivity index (χ0n) is 15.8. The molecule has 0 aromatic carbocycles. The molecule has 142 valence electrons.